The van der Waals surface area contributed by atoms with Crippen LogP contribution in [0.15, 0.2) is 24.4 Å². The molecule has 0 saturated carbocycles. The minimum atomic E-state index is 0.302. The van der Waals surface area contributed by atoms with E-state index in [1.54, 1.807) is 6.20 Å². The number of hydrogen-bond donors (Lipinski definition) is 2. The first-order chi connectivity index (χ1) is 6.33. The van der Waals surface area contributed by atoms with E-state index in [-0.39, 0.29) is 0 Å². The molecule has 13 heavy (non-hydrogen) atoms. The van der Waals surface area contributed by atoms with Gasteiger partial charge in [0.15, 0.2) is 0 Å². The summed E-state index contributed by atoms with van der Waals surface area (Å²) in [7, 11) is 0. The number of aromatic nitrogens is 1. The quantitative estimate of drug-likeness (QED) is 0.722. The van der Waals surface area contributed by atoms with Crippen LogP contribution in [0.1, 0.15) is 19.8 Å². The summed E-state index contributed by atoms with van der Waals surface area (Å²) in [6, 6.07) is 6.13. The van der Waals surface area contributed by atoms with Crippen LogP contribution in [0.25, 0.3) is 0 Å². The molecule has 1 aromatic heterocycles. The van der Waals surface area contributed by atoms with Gasteiger partial charge in [-0.25, -0.2) is 4.98 Å². The first kappa shape index (κ1) is 9.99. The van der Waals surface area contributed by atoms with Crippen LogP contribution in [0.3, 0.4) is 0 Å². The Hall–Kier alpha value is -1.09. The van der Waals surface area contributed by atoms with E-state index in [9.17, 15) is 0 Å². The molecule has 3 nitrogen and oxygen atoms in total. The molecule has 0 aliphatic rings. The molecule has 0 aromatic carbocycles. The third-order valence-electron chi connectivity index (χ3n) is 2.01. The van der Waals surface area contributed by atoms with Crippen molar-refractivity contribution in [3.8, 4) is 0 Å². The van der Waals surface area contributed by atoms with Gasteiger partial charge in [-0.1, -0.05) is 13.0 Å². The Kier molecular flexibility index (Phi) is 4.26. The molecule has 72 valence electrons. The fourth-order valence-electron chi connectivity index (χ4n) is 1.06. The summed E-state index contributed by atoms with van der Waals surface area (Å²) in [4.78, 5) is 4.15. The summed E-state index contributed by atoms with van der Waals surface area (Å²) >= 11 is 0. The summed E-state index contributed by atoms with van der Waals surface area (Å²) in [5, 5.41) is 3.22. The highest BCUT2D eigenvalue weighted by Crippen LogP contribution is 2.00. The molecule has 0 fully saturated rings. The lowest BCUT2D eigenvalue weighted by atomic mass is 10.2. The standard InChI is InChI=1S/C10H17N3/c1-2-9(11)6-8-13-10-5-3-4-7-12-10/h3-5,7,9H,2,6,8,11H2,1H3,(H,12,13). The van der Waals surface area contributed by atoms with Crippen LogP contribution < -0.4 is 11.1 Å². The molecule has 3 N–H and O–H groups in total. The molecule has 1 heterocycles. The van der Waals surface area contributed by atoms with Crippen molar-refractivity contribution in [3.63, 3.8) is 0 Å². The average molecular weight is 179 g/mol. The molecule has 1 rings (SSSR count). The second-order valence-electron chi connectivity index (χ2n) is 3.10. The highest BCUT2D eigenvalue weighted by molar-refractivity contribution is 5.32. The molecule has 0 aliphatic carbocycles. The van der Waals surface area contributed by atoms with Gasteiger partial charge in [0.1, 0.15) is 5.82 Å². The SMILES string of the molecule is CCC(N)CCNc1ccccn1. The van der Waals surface area contributed by atoms with E-state index in [1.807, 2.05) is 18.2 Å². The molecule has 0 spiro atoms. The van der Waals surface area contributed by atoms with Gasteiger partial charge in [0, 0.05) is 18.8 Å². The second kappa shape index (κ2) is 5.54. The average Bonchev–Trinajstić information content (AvgIpc) is 2.19. The van der Waals surface area contributed by atoms with Crippen molar-refractivity contribution in [2.24, 2.45) is 5.73 Å². The minimum Gasteiger partial charge on any atom is -0.370 e. The Bertz CT molecular complexity index is 223. The van der Waals surface area contributed by atoms with Crippen molar-refractivity contribution in [2.45, 2.75) is 25.8 Å². The van der Waals surface area contributed by atoms with Gasteiger partial charge in [0.25, 0.3) is 0 Å². The predicted octanol–water partition coefficient (Wildman–Crippen LogP) is 1.62. The molecule has 0 radical (unpaired) electrons. The summed E-state index contributed by atoms with van der Waals surface area (Å²) < 4.78 is 0. The van der Waals surface area contributed by atoms with E-state index < -0.39 is 0 Å². The lowest BCUT2D eigenvalue weighted by Gasteiger charge is -2.09. The van der Waals surface area contributed by atoms with E-state index in [2.05, 4.69) is 17.2 Å². The molecule has 3 heteroatoms. The van der Waals surface area contributed by atoms with Gasteiger partial charge in [-0.3, -0.25) is 0 Å². The monoisotopic (exact) mass is 179 g/mol. The number of pyridine rings is 1. The van der Waals surface area contributed by atoms with Crippen molar-refractivity contribution in [3.05, 3.63) is 24.4 Å². The van der Waals surface area contributed by atoms with Crippen molar-refractivity contribution in [2.75, 3.05) is 11.9 Å². The first-order valence-electron chi connectivity index (χ1n) is 4.73. The lowest BCUT2D eigenvalue weighted by molar-refractivity contribution is 0.613. The van der Waals surface area contributed by atoms with Gasteiger partial charge < -0.3 is 11.1 Å². The number of anilines is 1. The maximum atomic E-state index is 5.78. The number of nitrogens with one attached hydrogen (secondary N) is 1. The minimum absolute atomic E-state index is 0.302. The van der Waals surface area contributed by atoms with Gasteiger partial charge >= 0.3 is 0 Å². The Labute approximate surface area is 79.4 Å². The molecule has 0 amide bonds. The molecular weight excluding hydrogens is 162 g/mol. The zero-order chi connectivity index (χ0) is 9.52. The molecule has 1 unspecified atom stereocenters. The van der Waals surface area contributed by atoms with Gasteiger partial charge in [0.05, 0.1) is 0 Å². The van der Waals surface area contributed by atoms with Gasteiger partial charge in [0.2, 0.25) is 0 Å². The van der Waals surface area contributed by atoms with Crippen molar-refractivity contribution in [1.29, 1.82) is 0 Å². The summed E-state index contributed by atoms with van der Waals surface area (Å²) in [6.45, 7) is 3.00. The van der Waals surface area contributed by atoms with E-state index in [1.165, 1.54) is 0 Å². The number of nitrogens with two attached hydrogens (primary N) is 1. The van der Waals surface area contributed by atoms with Crippen LogP contribution in [0.4, 0.5) is 5.82 Å². The maximum Gasteiger partial charge on any atom is 0.125 e. The van der Waals surface area contributed by atoms with Crippen LogP contribution >= 0.6 is 0 Å². The van der Waals surface area contributed by atoms with Gasteiger partial charge in [-0.15, -0.1) is 0 Å². The van der Waals surface area contributed by atoms with Crippen molar-refractivity contribution < 1.29 is 0 Å². The third-order valence-corrected chi connectivity index (χ3v) is 2.01. The van der Waals surface area contributed by atoms with E-state index >= 15 is 0 Å². The van der Waals surface area contributed by atoms with E-state index in [0.717, 1.165) is 25.2 Å². The largest absolute Gasteiger partial charge is 0.370 e. The topological polar surface area (TPSA) is 50.9 Å². The maximum absolute atomic E-state index is 5.78. The van der Waals surface area contributed by atoms with Gasteiger partial charge in [-0.2, -0.15) is 0 Å². The fourth-order valence-corrected chi connectivity index (χ4v) is 1.06. The molecule has 0 saturated heterocycles. The van der Waals surface area contributed by atoms with Crippen LogP contribution in [0.5, 0.6) is 0 Å². The van der Waals surface area contributed by atoms with Crippen molar-refractivity contribution >= 4 is 5.82 Å². The molecule has 0 aliphatic heterocycles. The smallest absolute Gasteiger partial charge is 0.125 e. The first-order valence-corrected chi connectivity index (χ1v) is 4.73. The number of nitrogens with zero attached hydrogens (tertiary/aromatic N) is 1. The Morgan fingerprint density at radius 3 is 3.00 bits per heavy atom. The fraction of sp³-hybridized carbons (Fsp3) is 0.500. The Morgan fingerprint density at radius 1 is 1.54 bits per heavy atom. The molecular formula is C10H17N3. The highest BCUT2D eigenvalue weighted by Gasteiger charge is 1.97. The van der Waals surface area contributed by atoms with E-state index in [0.29, 0.717) is 6.04 Å². The third kappa shape index (κ3) is 3.90. The normalized spacial score (nSPS) is 12.5. The second-order valence-corrected chi connectivity index (χ2v) is 3.10. The number of hydrogen-bond acceptors (Lipinski definition) is 3. The van der Waals surface area contributed by atoms with Crippen LogP contribution in [-0.4, -0.2) is 17.6 Å². The van der Waals surface area contributed by atoms with Crippen LogP contribution in [0, 0.1) is 0 Å². The molecule has 1 aromatic rings. The summed E-state index contributed by atoms with van der Waals surface area (Å²) in [5.41, 5.74) is 5.78. The predicted molar refractivity (Wildman–Crippen MR) is 55.6 cm³/mol. The zero-order valence-corrected chi connectivity index (χ0v) is 8.03. The summed E-state index contributed by atoms with van der Waals surface area (Å²) in [6.07, 6.45) is 3.80. The Balaban J connectivity index is 2.20. The molecule has 1 atom stereocenters. The molecule has 0 bridgehead atoms. The van der Waals surface area contributed by atoms with Crippen LogP contribution in [0.2, 0.25) is 0 Å². The van der Waals surface area contributed by atoms with E-state index in [4.69, 9.17) is 5.73 Å². The van der Waals surface area contributed by atoms with Crippen LogP contribution in [-0.2, 0) is 0 Å². The highest BCUT2D eigenvalue weighted by atomic mass is 15.0. The number of rotatable bonds is 5. The zero-order valence-electron chi connectivity index (χ0n) is 8.03. The summed E-state index contributed by atoms with van der Waals surface area (Å²) in [5.74, 6) is 0.922. The van der Waals surface area contributed by atoms with Crippen molar-refractivity contribution in [1.82, 2.24) is 4.98 Å². The van der Waals surface area contributed by atoms with Gasteiger partial charge in [-0.05, 0) is 25.0 Å². The Morgan fingerprint density at radius 2 is 2.38 bits per heavy atom. The lowest BCUT2D eigenvalue weighted by Crippen LogP contribution is -2.22.